The third kappa shape index (κ3) is 4.45. The van der Waals surface area contributed by atoms with Gasteiger partial charge in [-0.2, -0.15) is 13.2 Å². The fourth-order valence-electron chi connectivity index (χ4n) is 3.44. The molecule has 0 saturated heterocycles. The molecule has 0 saturated carbocycles. The van der Waals surface area contributed by atoms with Crippen LogP contribution < -0.4 is 15.5 Å². The molecule has 6 nitrogen and oxygen atoms in total. The molecular weight excluding hydrogens is 407 g/mol. The molecule has 1 atom stereocenters. The predicted molar refractivity (Wildman–Crippen MR) is 113 cm³/mol. The normalized spacial score (nSPS) is 16.1. The maximum Gasteiger partial charge on any atom is 0.416 e. The number of benzene rings is 1. The number of carbonyl (C=O) groups is 1. The third-order valence-corrected chi connectivity index (χ3v) is 5.03. The molecular formula is C22H20F3N5O. The van der Waals surface area contributed by atoms with Crippen molar-refractivity contribution in [2.45, 2.75) is 25.6 Å². The van der Waals surface area contributed by atoms with Gasteiger partial charge in [0.2, 0.25) is 0 Å². The highest BCUT2D eigenvalue weighted by atomic mass is 19.4. The molecule has 4 rings (SSSR count). The molecule has 1 aliphatic heterocycles. The smallest absolute Gasteiger partial charge is 0.382 e. The van der Waals surface area contributed by atoms with Gasteiger partial charge in [0.1, 0.15) is 5.82 Å². The van der Waals surface area contributed by atoms with Gasteiger partial charge >= 0.3 is 12.2 Å². The van der Waals surface area contributed by atoms with Crippen LogP contribution in [-0.2, 0) is 6.18 Å². The zero-order valence-corrected chi connectivity index (χ0v) is 16.6. The number of hydrogen-bond donors (Lipinski definition) is 2. The van der Waals surface area contributed by atoms with E-state index in [-0.39, 0.29) is 6.04 Å². The summed E-state index contributed by atoms with van der Waals surface area (Å²) in [6.45, 7) is 2.53. The summed E-state index contributed by atoms with van der Waals surface area (Å²) in [5, 5.41) is 6.00. The summed E-state index contributed by atoms with van der Waals surface area (Å²) in [7, 11) is 0. The largest absolute Gasteiger partial charge is 0.416 e. The van der Waals surface area contributed by atoms with Gasteiger partial charge in [0.05, 0.1) is 16.9 Å². The lowest BCUT2D eigenvalue weighted by Gasteiger charge is -2.27. The Morgan fingerprint density at radius 1 is 1.16 bits per heavy atom. The van der Waals surface area contributed by atoms with Crippen molar-refractivity contribution in [3.8, 4) is 11.3 Å². The highest BCUT2D eigenvalue weighted by molar-refractivity contribution is 6.03. The molecule has 0 aliphatic carbocycles. The fourth-order valence-corrected chi connectivity index (χ4v) is 3.44. The number of halogens is 3. The number of hydrogen-bond acceptors (Lipinski definition) is 4. The second-order valence-corrected chi connectivity index (χ2v) is 7.23. The first-order valence-electron chi connectivity index (χ1n) is 9.77. The summed E-state index contributed by atoms with van der Waals surface area (Å²) in [5.41, 5.74) is 0.547. The highest BCUT2D eigenvalue weighted by Crippen LogP contribution is 2.35. The van der Waals surface area contributed by atoms with Gasteiger partial charge in [-0.05, 0) is 49.7 Å². The van der Waals surface area contributed by atoms with Crippen LogP contribution >= 0.6 is 0 Å². The Morgan fingerprint density at radius 3 is 2.74 bits per heavy atom. The van der Waals surface area contributed by atoms with Gasteiger partial charge < -0.3 is 5.32 Å². The average molecular weight is 427 g/mol. The van der Waals surface area contributed by atoms with Crippen LogP contribution in [0.3, 0.4) is 0 Å². The van der Waals surface area contributed by atoms with Crippen LogP contribution in [0.1, 0.15) is 18.9 Å². The minimum atomic E-state index is -4.45. The number of carbonyl (C=O) groups excluding carboxylic acids is 1. The van der Waals surface area contributed by atoms with Gasteiger partial charge in [-0.25, -0.2) is 14.8 Å². The van der Waals surface area contributed by atoms with Crippen molar-refractivity contribution in [3.63, 3.8) is 0 Å². The molecule has 31 heavy (non-hydrogen) atoms. The number of amides is 2. The average Bonchev–Trinajstić information content (AvgIpc) is 2.91. The molecule has 0 fully saturated rings. The Morgan fingerprint density at radius 2 is 2.00 bits per heavy atom. The van der Waals surface area contributed by atoms with Crippen molar-refractivity contribution < 1.29 is 18.0 Å². The molecule has 0 unspecified atom stereocenters. The molecule has 2 amide bonds. The summed E-state index contributed by atoms with van der Waals surface area (Å²) >= 11 is 0. The second-order valence-electron chi connectivity index (χ2n) is 7.23. The van der Waals surface area contributed by atoms with Crippen LogP contribution in [0, 0.1) is 0 Å². The maximum absolute atomic E-state index is 13.1. The standard InChI is InChI=1S/C22H20F3N5O/c1-14-10-12-26-18-9-8-17(15-5-4-6-16(13-15)22(23,24)25)28-20(18)30(14)21(31)29-19-7-2-3-11-27-19/h2-9,11,13-14,26H,10,12H2,1H3,(H,27,29,31)/t14-/m1/s1. The van der Waals surface area contributed by atoms with Crippen molar-refractivity contribution in [2.24, 2.45) is 0 Å². The Kier molecular flexibility index (Phi) is 5.50. The van der Waals surface area contributed by atoms with Crippen LogP contribution in [0.25, 0.3) is 11.3 Å². The summed E-state index contributed by atoms with van der Waals surface area (Å²) in [4.78, 5) is 23.3. The summed E-state index contributed by atoms with van der Waals surface area (Å²) in [6.07, 6.45) is -2.21. The Bertz CT molecular complexity index is 1090. The van der Waals surface area contributed by atoms with E-state index in [1.807, 2.05) is 6.92 Å². The molecule has 3 heterocycles. The highest BCUT2D eigenvalue weighted by Gasteiger charge is 2.31. The van der Waals surface area contributed by atoms with Crippen molar-refractivity contribution in [1.29, 1.82) is 0 Å². The van der Waals surface area contributed by atoms with E-state index in [4.69, 9.17) is 0 Å². The van der Waals surface area contributed by atoms with Gasteiger partial charge in [-0.15, -0.1) is 0 Å². The van der Waals surface area contributed by atoms with Gasteiger partial charge in [0.15, 0.2) is 5.82 Å². The van der Waals surface area contributed by atoms with E-state index in [2.05, 4.69) is 20.6 Å². The first kappa shape index (κ1) is 20.6. The molecule has 3 aromatic rings. The molecule has 0 spiro atoms. The minimum absolute atomic E-state index is 0.193. The molecule has 0 radical (unpaired) electrons. The van der Waals surface area contributed by atoms with Crippen LogP contribution in [0.15, 0.2) is 60.8 Å². The number of pyridine rings is 2. The number of rotatable bonds is 2. The van der Waals surface area contributed by atoms with Gasteiger partial charge in [-0.3, -0.25) is 10.2 Å². The molecule has 1 aliphatic rings. The number of anilines is 3. The number of urea groups is 1. The Hall–Kier alpha value is -3.62. The van der Waals surface area contributed by atoms with Crippen molar-refractivity contribution >= 4 is 23.4 Å². The topological polar surface area (TPSA) is 70.2 Å². The second kappa shape index (κ2) is 8.25. The third-order valence-electron chi connectivity index (χ3n) is 5.03. The zero-order chi connectivity index (χ0) is 22.0. The zero-order valence-electron chi connectivity index (χ0n) is 16.6. The number of alkyl halides is 3. The predicted octanol–water partition coefficient (Wildman–Crippen LogP) is 5.41. The maximum atomic E-state index is 13.1. The Balaban J connectivity index is 1.73. The first-order chi connectivity index (χ1) is 14.8. The van der Waals surface area contributed by atoms with Crippen LogP contribution in [0.2, 0.25) is 0 Å². The van der Waals surface area contributed by atoms with Crippen LogP contribution in [0.5, 0.6) is 0 Å². The molecule has 2 N–H and O–H groups in total. The minimum Gasteiger partial charge on any atom is -0.382 e. The van der Waals surface area contributed by atoms with E-state index in [9.17, 15) is 18.0 Å². The van der Waals surface area contributed by atoms with E-state index >= 15 is 0 Å². The van der Waals surface area contributed by atoms with Crippen LogP contribution in [-0.4, -0.2) is 28.6 Å². The van der Waals surface area contributed by atoms with Gasteiger partial charge in [0.25, 0.3) is 0 Å². The quantitative estimate of drug-likeness (QED) is 0.574. The lowest BCUT2D eigenvalue weighted by molar-refractivity contribution is -0.137. The number of nitrogens with one attached hydrogen (secondary N) is 2. The molecule has 9 heteroatoms. The van der Waals surface area contributed by atoms with E-state index in [0.717, 1.165) is 12.1 Å². The van der Waals surface area contributed by atoms with E-state index in [1.165, 1.54) is 11.0 Å². The summed E-state index contributed by atoms with van der Waals surface area (Å²) in [5.74, 6) is 0.751. The lowest BCUT2D eigenvalue weighted by Crippen LogP contribution is -2.42. The summed E-state index contributed by atoms with van der Waals surface area (Å²) < 4.78 is 39.4. The molecule has 2 aromatic heterocycles. The van der Waals surface area contributed by atoms with E-state index in [1.54, 1.807) is 42.6 Å². The number of aromatic nitrogens is 2. The van der Waals surface area contributed by atoms with Gasteiger partial charge in [0, 0.05) is 24.3 Å². The number of nitrogens with zero attached hydrogens (tertiary/aromatic N) is 3. The molecule has 1 aromatic carbocycles. The molecule has 0 bridgehead atoms. The first-order valence-corrected chi connectivity index (χ1v) is 9.77. The monoisotopic (exact) mass is 427 g/mol. The fraction of sp³-hybridized carbons (Fsp3) is 0.227. The van der Waals surface area contributed by atoms with Crippen molar-refractivity contribution in [3.05, 3.63) is 66.4 Å². The van der Waals surface area contributed by atoms with Gasteiger partial charge in [-0.1, -0.05) is 18.2 Å². The summed E-state index contributed by atoms with van der Waals surface area (Å²) in [6, 6.07) is 12.9. The van der Waals surface area contributed by atoms with Crippen molar-refractivity contribution in [1.82, 2.24) is 9.97 Å². The van der Waals surface area contributed by atoms with E-state index < -0.39 is 17.8 Å². The molecule has 160 valence electrons. The van der Waals surface area contributed by atoms with E-state index in [0.29, 0.717) is 41.5 Å². The number of fused-ring (bicyclic) bond motifs is 1. The van der Waals surface area contributed by atoms with Crippen molar-refractivity contribution in [2.75, 3.05) is 22.1 Å². The SMILES string of the molecule is C[C@@H]1CCNc2ccc(-c3cccc(C(F)(F)F)c3)nc2N1C(=O)Nc1ccccn1. The van der Waals surface area contributed by atoms with Crippen LogP contribution in [0.4, 0.5) is 35.3 Å². The Labute approximate surface area is 177 Å². The lowest BCUT2D eigenvalue weighted by atomic mass is 10.1.